The highest BCUT2D eigenvalue weighted by Gasteiger charge is 2.13. The molecule has 1 amide bonds. The van der Waals surface area contributed by atoms with Gasteiger partial charge >= 0.3 is 0 Å². The zero-order chi connectivity index (χ0) is 15.2. The molecule has 0 aliphatic heterocycles. The lowest BCUT2D eigenvalue weighted by atomic mass is 10.2. The Hall–Kier alpha value is -2.00. The molecule has 0 aliphatic rings. The highest BCUT2D eigenvalue weighted by molar-refractivity contribution is 6.33. The molecule has 0 fully saturated rings. The predicted molar refractivity (Wildman–Crippen MR) is 88.1 cm³/mol. The van der Waals surface area contributed by atoms with E-state index in [-0.39, 0.29) is 11.9 Å². The van der Waals surface area contributed by atoms with Crippen molar-refractivity contribution in [2.24, 2.45) is 0 Å². The van der Waals surface area contributed by atoms with Gasteiger partial charge in [-0.3, -0.25) is 4.79 Å². The number of anilines is 1. The van der Waals surface area contributed by atoms with Crippen molar-refractivity contribution in [3.8, 4) is 0 Å². The molecule has 2 aromatic rings. The van der Waals surface area contributed by atoms with Crippen LogP contribution in [0.1, 0.15) is 17.3 Å². The van der Waals surface area contributed by atoms with Gasteiger partial charge in [0.1, 0.15) is 0 Å². The summed E-state index contributed by atoms with van der Waals surface area (Å²) in [5, 5.41) is 3.40. The Bertz CT molecular complexity index is 601. The van der Waals surface area contributed by atoms with Crippen LogP contribution in [-0.2, 0) is 0 Å². The van der Waals surface area contributed by atoms with E-state index in [9.17, 15) is 4.79 Å². The van der Waals surface area contributed by atoms with E-state index in [0.717, 1.165) is 5.69 Å². The van der Waals surface area contributed by atoms with Crippen LogP contribution in [0.15, 0.2) is 54.6 Å². The fourth-order valence-electron chi connectivity index (χ4n) is 2.04. The molecule has 0 spiro atoms. The van der Waals surface area contributed by atoms with E-state index >= 15 is 0 Å². The largest absolute Gasteiger partial charge is 0.370 e. The van der Waals surface area contributed by atoms with Gasteiger partial charge in [-0.05, 0) is 31.2 Å². The molecule has 1 N–H and O–H groups in total. The van der Waals surface area contributed by atoms with E-state index in [2.05, 4.69) is 17.1 Å². The van der Waals surface area contributed by atoms with E-state index in [0.29, 0.717) is 17.1 Å². The third-order valence-electron chi connectivity index (χ3n) is 3.50. The Labute approximate surface area is 130 Å². The molecule has 1 unspecified atom stereocenters. The quantitative estimate of drug-likeness (QED) is 0.915. The predicted octanol–water partition coefficient (Wildman–Crippen LogP) is 3.59. The Kier molecular flexibility index (Phi) is 5.23. The van der Waals surface area contributed by atoms with Crippen molar-refractivity contribution < 1.29 is 4.79 Å². The number of nitrogens with one attached hydrogen (secondary N) is 1. The number of halogens is 1. The number of para-hydroxylation sites is 1. The second-order valence-corrected chi connectivity index (χ2v) is 5.39. The first-order chi connectivity index (χ1) is 10.1. The summed E-state index contributed by atoms with van der Waals surface area (Å²) < 4.78 is 0. The number of nitrogens with zero attached hydrogens (tertiary/aromatic N) is 1. The second kappa shape index (κ2) is 7.14. The molecule has 0 bridgehead atoms. The summed E-state index contributed by atoms with van der Waals surface area (Å²) in [7, 11) is 2.02. The van der Waals surface area contributed by atoms with Gasteiger partial charge in [0.2, 0.25) is 0 Å². The van der Waals surface area contributed by atoms with E-state index in [1.54, 1.807) is 18.2 Å². The van der Waals surface area contributed by atoms with E-state index < -0.39 is 0 Å². The van der Waals surface area contributed by atoms with E-state index in [1.165, 1.54) is 0 Å². The van der Waals surface area contributed by atoms with Crippen molar-refractivity contribution in [1.82, 2.24) is 5.32 Å². The van der Waals surface area contributed by atoms with Gasteiger partial charge < -0.3 is 10.2 Å². The molecular formula is C17H19ClN2O. The molecule has 1 atom stereocenters. The molecule has 4 heteroatoms. The highest BCUT2D eigenvalue weighted by Crippen LogP contribution is 2.16. The molecule has 0 aromatic heterocycles. The SMILES string of the molecule is CC(CNC(=O)c1ccccc1Cl)N(C)c1ccccc1. The number of hydrogen-bond acceptors (Lipinski definition) is 2. The van der Waals surface area contributed by atoms with Crippen LogP contribution < -0.4 is 10.2 Å². The van der Waals surface area contributed by atoms with Gasteiger partial charge in [0, 0.05) is 25.3 Å². The number of carbonyl (C=O) groups is 1. The maximum absolute atomic E-state index is 12.1. The zero-order valence-electron chi connectivity index (χ0n) is 12.2. The minimum Gasteiger partial charge on any atom is -0.370 e. The molecule has 0 saturated heterocycles. The zero-order valence-corrected chi connectivity index (χ0v) is 13.0. The van der Waals surface area contributed by atoms with Gasteiger partial charge in [-0.1, -0.05) is 41.9 Å². The number of benzene rings is 2. The second-order valence-electron chi connectivity index (χ2n) is 4.99. The first-order valence-electron chi connectivity index (χ1n) is 6.90. The number of rotatable bonds is 5. The monoisotopic (exact) mass is 302 g/mol. The van der Waals surface area contributed by atoms with Crippen LogP contribution in [-0.4, -0.2) is 25.5 Å². The van der Waals surface area contributed by atoms with Gasteiger partial charge in [0.25, 0.3) is 5.91 Å². The van der Waals surface area contributed by atoms with Crippen LogP contribution >= 0.6 is 11.6 Å². The lowest BCUT2D eigenvalue weighted by molar-refractivity contribution is 0.0952. The van der Waals surface area contributed by atoms with Gasteiger partial charge in [0.05, 0.1) is 10.6 Å². The van der Waals surface area contributed by atoms with Crippen molar-refractivity contribution in [2.45, 2.75) is 13.0 Å². The average molecular weight is 303 g/mol. The summed E-state index contributed by atoms with van der Waals surface area (Å²) in [4.78, 5) is 14.2. The van der Waals surface area contributed by atoms with Crippen LogP contribution in [0, 0.1) is 0 Å². The molecule has 0 aliphatic carbocycles. The number of likely N-dealkylation sites (N-methyl/N-ethyl adjacent to an activating group) is 1. The number of hydrogen-bond donors (Lipinski definition) is 1. The maximum Gasteiger partial charge on any atom is 0.252 e. The first-order valence-corrected chi connectivity index (χ1v) is 7.28. The summed E-state index contributed by atoms with van der Waals surface area (Å²) in [6.45, 7) is 2.62. The van der Waals surface area contributed by atoms with Crippen LogP contribution in [0.3, 0.4) is 0 Å². The summed E-state index contributed by atoms with van der Waals surface area (Å²) in [5.41, 5.74) is 1.63. The molecule has 21 heavy (non-hydrogen) atoms. The third kappa shape index (κ3) is 3.99. The Balaban J connectivity index is 1.94. The standard InChI is InChI=1S/C17H19ClN2O/c1-13(20(2)14-8-4-3-5-9-14)12-19-17(21)15-10-6-7-11-16(15)18/h3-11,13H,12H2,1-2H3,(H,19,21). The van der Waals surface area contributed by atoms with E-state index in [4.69, 9.17) is 11.6 Å². The fourth-order valence-corrected chi connectivity index (χ4v) is 2.26. The average Bonchev–Trinajstić information content (AvgIpc) is 2.52. The third-order valence-corrected chi connectivity index (χ3v) is 3.83. The van der Waals surface area contributed by atoms with Gasteiger partial charge in [-0.2, -0.15) is 0 Å². The van der Waals surface area contributed by atoms with E-state index in [1.807, 2.05) is 43.4 Å². The smallest absolute Gasteiger partial charge is 0.252 e. The summed E-state index contributed by atoms with van der Waals surface area (Å²) >= 11 is 6.02. The maximum atomic E-state index is 12.1. The summed E-state index contributed by atoms with van der Waals surface area (Å²) in [6.07, 6.45) is 0. The Morgan fingerprint density at radius 3 is 2.43 bits per heavy atom. The Morgan fingerprint density at radius 1 is 1.14 bits per heavy atom. The molecular weight excluding hydrogens is 284 g/mol. The van der Waals surface area contributed by atoms with Gasteiger partial charge in [-0.15, -0.1) is 0 Å². The highest BCUT2D eigenvalue weighted by atomic mass is 35.5. The van der Waals surface area contributed by atoms with Crippen molar-refractivity contribution in [1.29, 1.82) is 0 Å². The van der Waals surface area contributed by atoms with Crippen molar-refractivity contribution >= 4 is 23.2 Å². The summed E-state index contributed by atoms with van der Waals surface area (Å²) in [6, 6.07) is 17.3. The molecule has 2 aromatic carbocycles. The Morgan fingerprint density at radius 2 is 1.76 bits per heavy atom. The molecule has 3 nitrogen and oxygen atoms in total. The first kappa shape index (κ1) is 15.4. The topological polar surface area (TPSA) is 32.3 Å². The van der Waals surface area contributed by atoms with Crippen molar-refractivity contribution in [2.75, 3.05) is 18.5 Å². The molecule has 0 heterocycles. The number of carbonyl (C=O) groups excluding carboxylic acids is 1. The lowest BCUT2D eigenvalue weighted by Gasteiger charge is -2.27. The van der Waals surface area contributed by atoms with Crippen molar-refractivity contribution in [3.63, 3.8) is 0 Å². The minimum absolute atomic E-state index is 0.145. The minimum atomic E-state index is -0.145. The number of amides is 1. The van der Waals surface area contributed by atoms with Crippen LogP contribution in [0.2, 0.25) is 5.02 Å². The fraction of sp³-hybridized carbons (Fsp3) is 0.235. The molecule has 0 radical (unpaired) electrons. The molecule has 2 rings (SSSR count). The lowest BCUT2D eigenvalue weighted by Crippen LogP contribution is -2.40. The normalized spacial score (nSPS) is 11.8. The van der Waals surface area contributed by atoms with Crippen LogP contribution in [0.25, 0.3) is 0 Å². The van der Waals surface area contributed by atoms with Crippen molar-refractivity contribution in [3.05, 3.63) is 65.2 Å². The molecule has 110 valence electrons. The van der Waals surface area contributed by atoms with Gasteiger partial charge in [-0.25, -0.2) is 0 Å². The summed E-state index contributed by atoms with van der Waals surface area (Å²) in [5.74, 6) is -0.145. The van der Waals surface area contributed by atoms with Gasteiger partial charge in [0.15, 0.2) is 0 Å². The molecule has 0 saturated carbocycles. The van der Waals surface area contributed by atoms with Crippen LogP contribution in [0.5, 0.6) is 0 Å². The van der Waals surface area contributed by atoms with Crippen LogP contribution in [0.4, 0.5) is 5.69 Å².